The Labute approximate surface area is 167 Å². The van der Waals surface area contributed by atoms with E-state index in [9.17, 15) is 39.9 Å². The highest BCUT2D eigenvalue weighted by molar-refractivity contribution is 7.92. The first kappa shape index (κ1) is 21.0. The van der Waals surface area contributed by atoms with Gasteiger partial charge in [0.05, 0.1) is 4.90 Å². The van der Waals surface area contributed by atoms with Crippen molar-refractivity contribution >= 4 is 15.5 Å². The minimum atomic E-state index is -5.84. The molecular weight excluding hydrogens is 436 g/mol. The van der Waals surface area contributed by atoms with Crippen LogP contribution >= 0.6 is 0 Å². The van der Waals surface area contributed by atoms with E-state index >= 15 is 0 Å². The third kappa shape index (κ3) is 3.06. The molecule has 2 aliphatic rings. The van der Waals surface area contributed by atoms with Crippen LogP contribution in [0.15, 0.2) is 29.2 Å². The number of aliphatic hydroxyl groups excluding tert-OH is 1. The maximum atomic E-state index is 14.5. The predicted octanol–water partition coefficient (Wildman–Crippen LogP) is 4.13. The van der Waals surface area contributed by atoms with Crippen molar-refractivity contribution in [2.24, 2.45) is 0 Å². The Balaban J connectivity index is 1.94. The van der Waals surface area contributed by atoms with Crippen LogP contribution in [-0.2, 0) is 16.3 Å². The summed E-state index contributed by atoms with van der Waals surface area (Å²) in [4.78, 5) is -1.21. The van der Waals surface area contributed by atoms with Crippen LogP contribution < -0.4 is 5.32 Å². The van der Waals surface area contributed by atoms with E-state index in [1.54, 1.807) is 0 Å². The molecule has 1 aliphatic heterocycles. The van der Waals surface area contributed by atoms with E-state index in [0.29, 0.717) is 12.1 Å². The quantitative estimate of drug-likeness (QED) is 0.674. The van der Waals surface area contributed by atoms with Gasteiger partial charge >= 0.3 is 5.51 Å². The second-order valence-electron chi connectivity index (χ2n) is 7.28. The number of anilines is 1. The van der Waals surface area contributed by atoms with Crippen LogP contribution in [0.4, 0.5) is 32.0 Å². The van der Waals surface area contributed by atoms with E-state index in [0.717, 1.165) is 12.1 Å². The van der Waals surface area contributed by atoms with Crippen molar-refractivity contribution in [1.29, 1.82) is 0 Å². The fraction of sp³-hybridized carbons (Fsp3) is 0.368. The summed E-state index contributed by atoms with van der Waals surface area (Å²) in [7, 11) is -5.84. The second-order valence-corrected chi connectivity index (χ2v) is 9.19. The summed E-state index contributed by atoms with van der Waals surface area (Å²) in [5.74, 6) is -2.50. The molecule has 3 unspecified atom stereocenters. The molecule has 0 bridgehead atoms. The molecule has 0 amide bonds. The Morgan fingerprint density at radius 2 is 1.80 bits per heavy atom. The number of halogens is 6. The molecule has 3 atom stereocenters. The molecule has 162 valence electrons. The molecule has 0 spiro atoms. The first-order valence-electron chi connectivity index (χ1n) is 8.95. The molecule has 0 saturated carbocycles. The summed E-state index contributed by atoms with van der Waals surface area (Å²) < 4.78 is 106. The van der Waals surface area contributed by atoms with Gasteiger partial charge in [-0.25, -0.2) is 21.6 Å². The van der Waals surface area contributed by atoms with Gasteiger partial charge in [-0.05, 0) is 29.7 Å². The highest BCUT2D eigenvalue weighted by atomic mass is 32.2. The van der Waals surface area contributed by atoms with Gasteiger partial charge in [0, 0.05) is 41.8 Å². The van der Waals surface area contributed by atoms with Crippen LogP contribution in [0.2, 0.25) is 0 Å². The molecule has 0 radical (unpaired) electrons. The van der Waals surface area contributed by atoms with Gasteiger partial charge in [-0.2, -0.15) is 13.2 Å². The van der Waals surface area contributed by atoms with Gasteiger partial charge < -0.3 is 10.4 Å². The average molecular weight is 451 g/mol. The van der Waals surface area contributed by atoms with Gasteiger partial charge in [-0.15, -0.1) is 0 Å². The van der Waals surface area contributed by atoms with Crippen molar-refractivity contribution in [3.8, 4) is 0 Å². The van der Waals surface area contributed by atoms with Crippen LogP contribution in [-0.4, -0.2) is 31.7 Å². The Morgan fingerprint density at radius 3 is 2.47 bits per heavy atom. The van der Waals surface area contributed by atoms with E-state index in [2.05, 4.69) is 5.32 Å². The molecule has 2 N–H and O–H groups in total. The number of alkyl halides is 4. The van der Waals surface area contributed by atoms with Crippen molar-refractivity contribution in [3.63, 3.8) is 0 Å². The lowest BCUT2D eigenvalue weighted by molar-refractivity contribution is -0.0437. The molecule has 30 heavy (non-hydrogen) atoms. The van der Waals surface area contributed by atoms with Gasteiger partial charge in [0.2, 0.25) is 0 Å². The maximum absolute atomic E-state index is 14.5. The monoisotopic (exact) mass is 451 g/mol. The standard InChI is InChI=1S/C19H15F6NO3S/c20-8-5-12(21)16-10(3-4-26-14(16)6-8)9-1-2-15(30(28,29)19(23,24)25)17-11(9)7-13(22)18(17)27/h1-2,5-6,10,13,18,26-27H,3-4,7H2. The zero-order valence-corrected chi connectivity index (χ0v) is 15.9. The van der Waals surface area contributed by atoms with Crippen LogP contribution in [0.3, 0.4) is 0 Å². The van der Waals surface area contributed by atoms with E-state index in [1.807, 2.05) is 0 Å². The van der Waals surface area contributed by atoms with Gasteiger partial charge in [-0.1, -0.05) is 6.07 Å². The van der Waals surface area contributed by atoms with Gasteiger partial charge in [0.25, 0.3) is 9.84 Å². The molecular formula is C19H15F6NO3S. The Kier molecular flexibility index (Phi) is 4.81. The number of nitrogens with one attached hydrogen (secondary N) is 1. The molecule has 1 aliphatic carbocycles. The fourth-order valence-electron chi connectivity index (χ4n) is 4.28. The number of aliphatic hydroxyl groups is 1. The molecule has 4 nitrogen and oxygen atoms in total. The average Bonchev–Trinajstić information content (AvgIpc) is 2.94. The first-order valence-corrected chi connectivity index (χ1v) is 10.4. The zero-order chi connectivity index (χ0) is 22.0. The lowest BCUT2D eigenvalue weighted by atomic mass is 9.81. The molecule has 2 aromatic carbocycles. The lowest BCUT2D eigenvalue weighted by Crippen LogP contribution is -2.26. The zero-order valence-electron chi connectivity index (χ0n) is 15.1. The van der Waals surface area contributed by atoms with Crippen LogP contribution in [0.1, 0.15) is 40.7 Å². The van der Waals surface area contributed by atoms with Crippen molar-refractivity contribution in [1.82, 2.24) is 0 Å². The highest BCUT2D eigenvalue weighted by Crippen LogP contribution is 2.48. The number of fused-ring (bicyclic) bond motifs is 2. The summed E-state index contributed by atoms with van der Waals surface area (Å²) >= 11 is 0. The summed E-state index contributed by atoms with van der Waals surface area (Å²) in [5, 5.41) is 13.0. The van der Waals surface area contributed by atoms with E-state index in [4.69, 9.17) is 0 Å². The summed E-state index contributed by atoms with van der Waals surface area (Å²) in [6.45, 7) is 0.277. The molecule has 0 aromatic heterocycles. The highest BCUT2D eigenvalue weighted by Gasteiger charge is 2.50. The lowest BCUT2D eigenvalue weighted by Gasteiger charge is -2.29. The number of rotatable bonds is 2. The topological polar surface area (TPSA) is 66.4 Å². The normalized spacial score (nSPS) is 23.6. The number of hydrogen-bond donors (Lipinski definition) is 2. The van der Waals surface area contributed by atoms with E-state index < -0.39 is 62.1 Å². The van der Waals surface area contributed by atoms with Crippen LogP contribution in [0, 0.1) is 11.6 Å². The minimum absolute atomic E-state index is 0.0491. The fourth-order valence-corrected chi connectivity index (χ4v) is 5.31. The second kappa shape index (κ2) is 6.88. The Bertz CT molecular complexity index is 1130. The van der Waals surface area contributed by atoms with Gasteiger partial charge in [0.15, 0.2) is 0 Å². The molecule has 1 heterocycles. The van der Waals surface area contributed by atoms with Gasteiger partial charge in [-0.3, -0.25) is 0 Å². The Morgan fingerprint density at radius 1 is 1.10 bits per heavy atom. The molecule has 0 fully saturated rings. The number of benzene rings is 2. The van der Waals surface area contributed by atoms with Crippen LogP contribution in [0.5, 0.6) is 0 Å². The van der Waals surface area contributed by atoms with Crippen molar-refractivity contribution < 1.29 is 39.9 Å². The van der Waals surface area contributed by atoms with Gasteiger partial charge in [0.1, 0.15) is 23.9 Å². The first-order chi connectivity index (χ1) is 13.9. The van der Waals surface area contributed by atoms with Crippen LogP contribution in [0.25, 0.3) is 0 Å². The molecule has 0 saturated heterocycles. The summed E-state index contributed by atoms with van der Waals surface area (Å²) in [6.07, 6.45) is -4.34. The smallest absolute Gasteiger partial charge is 0.385 e. The third-order valence-corrected chi connectivity index (χ3v) is 7.10. The summed E-state index contributed by atoms with van der Waals surface area (Å²) in [6, 6.07) is 3.49. The van der Waals surface area contributed by atoms with Crippen molar-refractivity contribution in [2.75, 3.05) is 11.9 Å². The SMILES string of the molecule is O=S(=O)(c1ccc(C2CCNc3cc(F)cc(F)c32)c2c1C(O)C(F)C2)C(F)(F)F. The largest absolute Gasteiger partial charge is 0.501 e. The Hall–Kier alpha value is -2.27. The van der Waals surface area contributed by atoms with E-state index in [-0.39, 0.29) is 35.3 Å². The predicted molar refractivity (Wildman–Crippen MR) is 94.6 cm³/mol. The maximum Gasteiger partial charge on any atom is 0.501 e. The molecule has 2 aromatic rings. The minimum Gasteiger partial charge on any atom is -0.385 e. The molecule has 11 heteroatoms. The third-order valence-electron chi connectivity index (χ3n) is 5.55. The molecule has 4 rings (SSSR count). The van der Waals surface area contributed by atoms with E-state index in [1.165, 1.54) is 0 Å². The number of hydrogen-bond acceptors (Lipinski definition) is 4. The number of sulfone groups is 1. The van der Waals surface area contributed by atoms with Crippen molar-refractivity contribution in [2.45, 2.75) is 41.4 Å². The van der Waals surface area contributed by atoms with Crippen molar-refractivity contribution in [3.05, 3.63) is 58.2 Å². The summed E-state index contributed by atoms with van der Waals surface area (Å²) in [5.41, 5.74) is -5.98.